The van der Waals surface area contributed by atoms with Gasteiger partial charge in [-0.3, -0.25) is 9.59 Å². The van der Waals surface area contributed by atoms with Crippen LogP contribution in [0.25, 0.3) is 0 Å². The van der Waals surface area contributed by atoms with Gasteiger partial charge in [0.25, 0.3) is 0 Å². The standard InChI is InChI=1S/C19H24ClFN2O2/c1-22(18(24)9-14-6-7-15(21)10-17(14)20)11-13-8-19(25)23(12-13)16-4-2-3-5-16/h6-7,10,13,16H,2-5,8-9,11-12H2,1H3/t13-/m0/s1. The molecule has 0 aromatic heterocycles. The number of carbonyl (C=O) groups is 2. The highest BCUT2D eigenvalue weighted by molar-refractivity contribution is 6.31. The van der Waals surface area contributed by atoms with Crippen molar-refractivity contribution in [3.8, 4) is 0 Å². The second kappa shape index (κ2) is 7.73. The highest BCUT2D eigenvalue weighted by Gasteiger charge is 2.36. The minimum absolute atomic E-state index is 0.0692. The third-order valence-electron chi connectivity index (χ3n) is 5.32. The van der Waals surface area contributed by atoms with Crippen molar-refractivity contribution >= 4 is 23.4 Å². The van der Waals surface area contributed by atoms with Gasteiger partial charge in [0, 0.05) is 43.5 Å². The minimum atomic E-state index is -0.411. The summed E-state index contributed by atoms with van der Waals surface area (Å²) in [5, 5.41) is 0.269. The number of benzene rings is 1. The highest BCUT2D eigenvalue weighted by atomic mass is 35.5. The van der Waals surface area contributed by atoms with Gasteiger partial charge in [0.2, 0.25) is 11.8 Å². The number of likely N-dealkylation sites (tertiary alicyclic amines) is 1. The zero-order valence-corrected chi connectivity index (χ0v) is 15.3. The summed E-state index contributed by atoms with van der Waals surface area (Å²) >= 11 is 6.00. The predicted molar refractivity (Wildman–Crippen MR) is 94.8 cm³/mol. The maximum atomic E-state index is 13.1. The van der Waals surface area contributed by atoms with Crippen molar-refractivity contribution in [1.29, 1.82) is 0 Å². The lowest BCUT2D eigenvalue weighted by Crippen LogP contribution is -2.37. The van der Waals surface area contributed by atoms with Crippen LogP contribution in [0.5, 0.6) is 0 Å². The van der Waals surface area contributed by atoms with E-state index in [1.165, 1.54) is 25.0 Å². The van der Waals surface area contributed by atoms with Crippen LogP contribution in [0.4, 0.5) is 4.39 Å². The first-order chi connectivity index (χ1) is 11.9. The van der Waals surface area contributed by atoms with Crippen LogP contribution in [-0.2, 0) is 16.0 Å². The molecule has 0 unspecified atom stereocenters. The van der Waals surface area contributed by atoms with Gasteiger partial charge in [-0.2, -0.15) is 0 Å². The molecule has 2 fully saturated rings. The number of hydrogen-bond acceptors (Lipinski definition) is 2. The zero-order chi connectivity index (χ0) is 18.0. The summed E-state index contributed by atoms with van der Waals surface area (Å²) in [5.41, 5.74) is 0.620. The summed E-state index contributed by atoms with van der Waals surface area (Å²) in [6.07, 6.45) is 5.28. The van der Waals surface area contributed by atoms with Crippen molar-refractivity contribution in [3.63, 3.8) is 0 Å². The topological polar surface area (TPSA) is 40.6 Å². The average Bonchev–Trinajstić information content (AvgIpc) is 3.19. The molecule has 2 aliphatic rings. The Bertz CT molecular complexity index is 661. The van der Waals surface area contributed by atoms with Crippen LogP contribution < -0.4 is 0 Å². The molecule has 1 aromatic carbocycles. The molecule has 4 nitrogen and oxygen atoms in total. The molecule has 1 aromatic rings. The second-order valence-electron chi connectivity index (χ2n) is 7.24. The summed E-state index contributed by atoms with van der Waals surface area (Å²) in [5.74, 6) is -0.0728. The molecule has 6 heteroatoms. The van der Waals surface area contributed by atoms with Crippen LogP contribution in [0.2, 0.25) is 5.02 Å². The number of amides is 2. The number of rotatable bonds is 5. The Morgan fingerprint density at radius 3 is 2.76 bits per heavy atom. The molecule has 136 valence electrons. The van der Waals surface area contributed by atoms with Gasteiger partial charge in [-0.15, -0.1) is 0 Å². The van der Waals surface area contributed by atoms with Gasteiger partial charge in [0.1, 0.15) is 5.82 Å². The van der Waals surface area contributed by atoms with Crippen molar-refractivity contribution in [3.05, 3.63) is 34.6 Å². The summed E-state index contributed by atoms with van der Waals surface area (Å²) in [6.45, 7) is 1.31. The number of likely N-dealkylation sites (N-methyl/N-ethyl adjacent to an activating group) is 1. The van der Waals surface area contributed by atoms with E-state index >= 15 is 0 Å². The average molecular weight is 367 g/mol. The highest BCUT2D eigenvalue weighted by Crippen LogP contribution is 2.29. The number of nitrogens with zero attached hydrogens (tertiary/aromatic N) is 2. The quantitative estimate of drug-likeness (QED) is 0.802. The van der Waals surface area contributed by atoms with E-state index in [0.29, 0.717) is 24.6 Å². The molecule has 0 N–H and O–H groups in total. The van der Waals surface area contributed by atoms with Crippen molar-refractivity contribution in [2.75, 3.05) is 20.1 Å². The molecule has 3 rings (SSSR count). The van der Waals surface area contributed by atoms with Crippen LogP contribution in [0, 0.1) is 11.7 Å². The molecule has 1 saturated heterocycles. The van der Waals surface area contributed by atoms with E-state index in [2.05, 4.69) is 0 Å². The van der Waals surface area contributed by atoms with Gasteiger partial charge in [-0.1, -0.05) is 30.5 Å². The number of hydrogen-bond donors (Lipinski definition) is 0. The summed E-state index contributed by atoms with van der Waals surface area (Å²) < 4.78 is 13.1. The molecular formula is C19H24ClFN2O2. The smallest absolute Gasteiger partial charge is 0.226 e. The fourth-order valence-electron chi connectivity index (χ4n) is 3.95. The van der Waals surface area contributed by atoms with Crippen LogP contribution in [0.15, 0.2) is 18.2 Å². The third-order valence-corrected chi connectivity index (χ3v) is 5.67. The van der Waals surface area contributed by atoms with Crippen molar-refractivity contribution in [2.45, 2.75) is 44.6 Å². The molecule has 1 atom stereocenters. The van der Waals surface area contributed by atoms with E-state index in [1.807, 2.05) is 4.90 Å². The Labute approximate surface area is 152 Å². The summed E-state index contributed by atoms with van der Waals surface area (Å²) in [6, 6.07) is 4.48. The van der Waals surface area contributed by atoms with E-state index in [-0.39, 0.29) is 29.2 Å². The molecule has 0 radical (unpaired) electrons. The van der Waals surface area contributed by atoms with E-state index < -0.39 is 5.82 Å². The molecule has 1 saturated carbocycles. The van der Waals surface area contributed by atoms with Gasteiger partial charge in [-0.25, -0.2) is 4.39 Å². The normalized spacial score (nSPS) is 21.2. The molecule has 0 bridgehead atoms. The van der Waals surface area contributed by atoms with E-state index in [1.54, 1.807) is 18.0 Å². The first kappa shape index (κ1) is 18.2. The fourth-order valence-corrected chi connectivity index (χ4v) is 4.19. The lowest BCUT2D eigenvalue weighted by molar-refractivity contribution is -0.130. The first-order valence-corrected chi connectivity index (χ1v) is 9.29. The molecule has 2 amide bonds. The van der Waals surface area contributed by atoms with Gasteiger partial charge in [0.05, 0.1) is 6.42 Å². The first-order valence-electron chi connectivity index (χ1n) is 8.91. The van der Waals surface area contributed by atoms with Crippen LogP contribution in [-0.4, -0.2) is 47.8 Å². The number of halogens is 2. The third kappa shape index (κ3) is 4.32. The minimum Gasteiger partial charge on any atom is -0.345 e. The molecule has 1 aliphatic heterocycles. The lowest BCUT2D eigenvalue weighted by atomic mass is 10.1. The molecule has 0 spiro atoms. The summed E-state index contributed by atoms with van der Waals surface area (Å²) in [4.78, 5) is 28.4. The molecular weight excluding hydrogens is 343 g/mol. The number of carbonyl (C=O) groups excluding carboxylic acids is 2. The van der Waals surface area contributed by atoms with E-state index in [0.717, 1.165) is 19.4 Å². The fraction of sp³-hybridized carbons (Fsp3) is 0.579. The largest absolute Gasteiger partial charge is 0.345 e. The lowest BCUT2D eigenvalue weighted by Gasteiger charge is -2.25. The maximum absolute atomic E-state index is 13.1. The Hall–Kier alpha value is -1.62. The van der Waals surface area contributed by atoms with E-state index in [9.17, 15) is 14.0 Å². The van der Waals surface area contributed by atoms with Gasteiger partial charge >= 0.3 is 0 Å². The van der Waals surface area contributed by atoms with Gasteiger partial charge < -0.3 is 9.80 Å². The molecule has 25 heavy (non-hydrogen) atoms. The zero-order valence-electron chi connectivity index (χ0n) is 14.5. The SMILES string of the molecule is CN(C[C@@H]1CC(=O)N(C2CCCC2)C1)C(=O)Cc1ccc(F)cc1Cl. The van der Waals surface area contributed by atoms with Gasteiger partial charge in [-0.05, 0) is 30.5 Å². The van der Waals surface area contributed by atoms with Crippen molar-refractivity contribution < 1.29 is 14.0 Å². The Morgan fingerprint density at radius 2 is 2.08 bits per heavy atom. The summed E-state index contributed by atoms with van der Waals surface area (Å²) in [7, 11) is 1.75. The van der Waals surface area contributed by atoms with Crippen LogP contribution >= 0.6 is 11.6 Å². The monoisotopic (exact) mass is 366 g/mol. The van der Waals surface area contributed by atoms with Crippen molar-refractivity contribution in [1.82, 2.24) is 9.80 Å². The van der Waals surface area contributed by atoms with Crippen LogP contribution in [0.1, 0.15) is 37.7 Å². The van der Waals surface area contributed by atoms with Crippen LogP contribution in [0.3, 0.4) is 0 Å². The second-order valence-corrected chi connectivity index (χ2v) is 7.65. The Balaban J connectivity index is 1.54. The van der Waals surface area contributed by atoms with Gasteiger partial charge in [0.15, 0.2) is 0 Å². The van der Waals surface area contributed by atoms with Crippen molar-refractivity contribution in [2.24, 2.45) is 5.92 Å². The molecule has 1 aliphatic carbocycles. The van der Waals surface area contributed by atoms with E-state index in [4.69, 9.17) is 11.6 Å². The molecule has 1 heterocycles. The Morgan fingerprint density at radius 1 is 1.36 bits per heavy atom. The maximum Gasteiger partial charge on any atom is 0.226 e. The predicted octanol–water partition coefficient (Wildman–Crippen LogP) is 3.27. The Kier molecular flexibility index (Phi) is 5.62.